The molecule has 0 aliphatic carbocycles. The van der Waals surface area contributed by atoms with Gasteiger partial charge in [0.05, 0.1) is 29.6 Å². The molecule has 0 saturated heterocycles. The first-order chi connectivity index (χ1) is 21.3. The Hall–Kier alpha value is -5.48. The van der Waals surface area contributed by atoms with Crippen LogP contribution in [0.3, 0.4) is 0 Å². The SMILES string of the molecule is CCCCOc1ccc(C(=O)Oc2ccc(/C=N\NC(=O)C(=O)Nc3ccccc3C(=O)Nc3ccc(Cl)cc3)cc2)cc1. The van der Waals surface area contributed by atoms with Gasteiger partial charge in [-0.2, -0.15) is 5.10 Å². The largest absolute Gasteiger partial charge is 0.494 e. The standard InChI is InChI=1S/C33H29ClN4O6/c1-2-3-20-43-26-18-10-23(11-19-26)33(42)44-27-16-8-22(9-17-27)21-35-38-32(41)31(40)37-29-7-5-4-6-28(29)30(39)36-25-14-12-24(34)13-15-25/h4-19,21H,2-3,20H2,1H3,(H,36,39)(H,37,40)(H,38,41)/b35-21-. The lowest BCUT2D eigenvalue weighted by Crippen LogP contribution is -2.33. The van der Waals surface area contributed by atoms with E-state index >= 15 is 0 Å². The van der Waals surface area contributed by atoms with Crippen LogP contribution in [0.25, 0.3) is 0 Å². The fraction of sp³-hybridized carbons (Fsp3) is 0.121. The highest BCUT2D eigenvalue weighted by Gasteiger charge is 2.18. The zero-order valence-electron chi connectivity index (χ0n) is 23.7. The van der Waals surface area contributed by atoms with Crippen LogP contribution in [0, 0.1) is 0 Å². The van der Waals surface area contributed by atoms with Crippen LogP contribution in [0.5, 0.6) is 11.5 Å². The number of unbranched alkanes of at least 4 members (excludes halogenated alkanes) is 1. The second-order valence-electron chi connectivity index (χ2n) is 9.34. The van der Waals surface area contributed by atoms with E-state index in [4.69, 9.17) is 21.1 Å². The van der Waals surface area contributed by atoms with Crippen molar-refractivity contribution in [2.75, 3.05) is 17.2 Å². The monoisotopic (exact) mass is 612 g/mol. The van der Waals surface area contributed by atoms with E-state index < -0.39 is 23.7 Å². The second-order valence-corrected chi connectivity index (χ2v) is 9.78. The van der Waals surface area contributed by atoms with Crippen LogP contribution >= 0.6 is 11.6 Å². The van der Waals surface area contributed by atoms with Gasteiger partial charge in [-0.15, -0.1) is 0 Å². The number of ether oxygens (including phenoxy) is 2. The number of hydrogen-bond acceptors (Lipinski definition) is 7. The number of halogens is 1. The predicted octanol–water partition coefficient (Wildman–Crippen LogP) is 6.08. The molecule has 0 spiro atoms. The van der Waals surface area contributed by atoms with E-state index in [0.29, 0.717) is 39.9 Å². The highest BCUT2D eigenvalue weighted by Crippen LogP contribution is 2.20. The van der Waals surface area contributed by atoms with Gasteiger partial charge in [-0.1, -0.05) is 37.1 Å². The molecule has 4 aromatic carbocycles. The lowest BCUT2D eigenvalue weighted by atomic mass is 10.1. The van der Waals surface area contributed by atoms with Crippen LogP contribution in [-0.4, -0.2) is 36.5 Å². The molecule has 0 fully saturated rings. The number of carbonyl (C=O) groups is 4. The number of esters is 1. The smallest absolute Gasteiger partial charge is 0.343 e. The third kappa shape index (κ3) is 9.27. The molecule has 44 heavy (non-hydrogen) atoms. The van der Waals surface area contributed by atoms with Crippen molar-refractivity contribution in [3.8, 4) is 11.5 Å². The van der Waals surface area contributed by atoms with E-state index in [9.17, 15) is 19.2 Å². The molecule has 0 saturated carbocycles. The molecule has 0 aliphatic heterocycles. The van der Waals surface area contributed by atoms with Gasteiger partial charge in [-0.3, -0.25) is 14.4 Å². The summed E-state index contributed by atoms with van der Waals surface area (Å²) in [7, 11) is 0. The first-order valence-electron chi connectivity index (χ1n) is 13.7. The Bertz CT molecular complexity index is 1640. The Kier molecular flexibility index (Phi) is 11.2. The van der Waals surface area contributed by atoms with Gasteiger partial charge in [-0.25, -0.2) is 10.2 Å². The average molecular weight is 613 g/mol. The third-order valence-corrected chi connectivity index (χ3v) is 6.31. The summed E-state index contributed by atoms with van der Waals surface area (Å²) in [5.41, 5.74) is 3.90. The van der Waals surface area contributed by atoms with E-state index in [0.717, 1.165) is 12.8 Å². The first kappa shape index (κ1) is 31.5. The summed E-state index contributed by atoms with van der Waals surface area (Å²) in [6, 6.07) is 25.9. The molecule has 0 aromatic heterocycles. The summed E-state index contributed by atoms with van der Waals surface area (Å²) in [5.74, 6) is -2.06. The van der Waals surface area contributed by atoms with E-state index in [1.807, 2.05) is 0 Å². The number of nitrogens with zero attached hydrogens (tertiary/aromatic N) is 1. The van der Waals surface area contributed by atoms with Crippen molar-refractivity contribution >= 4 is 52.9 Å². The molecule has 0 bridgehead atoms. The molecule has 3 N–H and O–H groups in total. The number of nitrogens with one attached hydrogen (secondary N) is 3. The Balaban J connectivity index is 1.26. The molecule has 10 nitrogen and oxygen atoms in total. The Morgan fingerprint density at radius 3 is 2.18 bits per heavy atom. The van der Waals surface area contributed by atoms with Crippen LogP contribution in [0.2, 0.25) is 5.02 Å². The van der Waals surface area contributed by atoms with Crippen molar-refractivity contribution in [3.05, 3.63) is 119 Å². The molecule has 224 valence electrons. The molecule has 4 aromatic rings. The summed E-state index contributed by atoms with van der Waals surface area (Å²) in [5, 5.41) is 9.46. The minimum absolute atomic E-state index is 0.143. The van der Waals surface area contributed by atoms with Crippen molar-refractivity contribution in [2.24, 2.45) is 5.10 Å². The maximum atomic E-state index is 12.8. The van der Waals surface area contributed by atoms with Crippen molar-refractivity contribution in [3.63, 3.8) is 0 Å². The minimum Gasteiger partial charge on any atom is -0.494 e. The van der Waals surface area contributed by atoms with Gasteiger partial charge in [0.15, 0.2) is 0 Å². The van der Waals surface area contributed by atoms with Gasteiger partial charge in [0.1, 0.15) is 11.5 Å². The molecule has 0 atom stereocenters. The zero-order valence-corrected chi connectivity index (χ0v) is 24.5. The van der Waals surface area contributed by atoms with E-state index in [2.05, 4.69) is 28.1 Å². The lowest BCUT2D eigenvalue weighted by molar-refractivity contribution is -0.136. The molecule has 0 unspecified atom stereocenters. The number of para-hydroxylation sites is 1. The van der Waals surface area contributed by atoms with Gasteiger partial charge in [-0.05, 0) is 96.9 Å². The van der Waals surface area contributed by atoms with Gasteiger partial charge in [0.25, 0.3) is 5.91 Å². The molecule has 4 rings (SSSR count). The highest BCUT2D eigenvalue weighted by molar-refractivity contribution is 6.40. The second kappa shape index (κ2) is 15.7. The summed E-state index contributed by atoms with van der Waals surface area (Å²) in [4.78, 5) is 50.0. The Morgan fingerprint density at radius 2 is 1.48 bits per heavy atom. The Morgan fingerprint density at radius 1 is 0.795 bits per heavy atom. The number of carbonyl (C=O) groups excluding carboxylic acids is 4. The van der Waals surface area contributed by atoms with Gasteiger partial charge in [0.2, 0.25) is 0 Å². The number of hydrogen-bond donors (Lipinski definition) is 3. The maximum Gasteiger partial charge on any atom is 0.343 e. The van der Waals surface area contributed by atoms with Crippen molar-refractivity contribution in [2.45, 2.75) is 19.8 Å². The lowest BCUT2D eigenvalue weighted by Gasteiger charge is -2.11. The number of anilines is 2. The van der Waals surface area contributed by atoms with Crippen LogP contribution < -0.4 is 25.5 Å². The van der Waals surface area contributed by atoms with E-state index in [1.54, 1.807) is 84.9 Å². The fourth-order valence-electron chi connectivity index (χ4n) is 3.73. The number of rotatable bonds is 11. The molecule has 0 aliphatic rings. The van der Waals surface area contributed by atoms with Gasteiger partial charge < -0.3 is 20.1 Å². The van der Waals surface area contributed by atoms with Crippen LogP contribution in [0.4, 0.5) is 11.4 Å². The summed E-state index contributed by atoms with van der Waals surface area (Å²) >= 11 is 5.88. The fourth-order valence-corrected chi connectivity index (χ4v) is 3.85. The zero-order chi connectivity index (χ0) is 31.3. The normalized spacial score (nSPS) is 10.6. The first-order valence-corrected chi connectivity index (χ1v) is 14.1. The number of hydrazone groups is 1. The number of amides is 3. The Labute approximate surface area is 259 Å². The molecule has 3 amide bonds. The van der Waals surface area contributed by atoms with E-state index in [1.165, 1.54) is 18.3 Å². The molecular formula is C33H29ClN4O6. The van der Waals surface area contributed by atoms with E-state index in [-0.39, 0.29) is 11.3 Å². The predicted molar refractivity (Wildman–Crippen MR) is 168 cm³/mol. The quantitative estimate of drug-likeness (QED) is 0.0469. The summed E-state index contributed by atoms with van der Waals surface area (Å²) in [6.45, 7) is 2.70. The van der Waals surface area contributed by atoms with Crippen molar-refractivity contribution in [1.29, 1.82) is 0 Å². The molecule has 0 heterocycles. The highest BCUT2D eigenvalue weighted by atomic mass is 35.5. The van der Waals surface area contributed by atoms with Gasteiger partial charge >= 0.3 is 17.8 Å². The summed E-state index contributed by atoms with van der Waals surface area (Å²) in [6.07, 6.45) is 3.31. The van der Waals surface area contributed by atoms with Crippen molar-refractivity contribution in [1.82, 2.24) is 5.43 Å². The number of benzene rings is 4. The molecule has 0 radical (unpaired) electrons. The van der Waals surface area contributed by atoms with Crippen molar-refractivity contribution < 1.29 is 28.7 Å². The molecule has 11 heteroatoms. The minimum atomic E-state index is -1.04. The van der Waals surface area contributed by atoms with Crippen LogP contribution in [-0.2, 0) is 9.59 Å². The average Bonchev–Trinajstić information content (AvgIpc) is 3.03. The summed E-state index contributed by atoms with van der Waals surface area (Å²) < 4.78 is 11.0. The topological polar surface area (TPSA) is 135 Å². The van der Waals surface area contributed by atoms with Crippen LogP contribution in [0.15, 0.2) is 102 Å². The van der Waals surface area contributed by atoms with Crippen LogP contribution in [0.1, 0.15) is 46.0 Å². The third-order valence-electron chi connectivity index (χ3n) is 6.06. The molecular weight excluding hydrogens is 584 g/mol. The maximum absolute atomic E-state index is 12.8. The van der Waals surface area contributed by atoms with Gasteiger partial charge in [0, 0.05) is 10.7 Å².